The van der Waals surface area contributed by atoms with Crippen molar-refractivity contribution in [1.82, 2.24) is 0 Å². The maximum Gasteiger partial charge on any atom is 0.276 e. The predicted molar refractivity (Wildman–Crippen MR) is 70.9 cm³/mol. The van der Waals surface area contributed by atoms with Crippen LogP contribution in [0.4, 0.5) is 5.69 Å². The van der Waals surface area contributed by atoms with Crippen LogP contribution in [0.25, 0.3) is 0 Å². The van der Waals surface area contributed by atoms with E-state index in [-0.39, 0.29) is 11.6 Å². The third-order valence-corrected chi connectivity index (χ3v) is 3.22. The van der Waals surface area contributed by atoms with Gasteiger partial charge >= 0.3 is 0 Å². The Kier molecular flexibility index (Phi) is 5.11. The molecule has 19 heavy (non-hydrogen) atoms. The van der Waals surface area contributed by atoms with E-state index in [1.807, 2.05) is 6.92 Å². The lowest BCUT2D eigenvalue weighted by molar-refractivity contribution is -0.385. The molecule has 0 fully saturated rings. The quantitative estimate of drug-likeness (QED) is 0.633. The molecule has 6 nitrogen and oxygen atoms in total. The Balaban J connectivity index is 3.39. The molecule has 0 aliphatic heterocycles. The van der Waals surface area contributed by atoms with Crippen LogP contribution in [0.15, 0.2) is 12.1 Å². The normalized spacial score (nSPS) is 13.7. The highest BCUT2D eigenvalue weighted by atomic mass is 16.6. The van der Waals surface area contributed by atoms with Gasteiger partial charge in [0.15, 0.2) is 11.5 Å². The van der Waals surface area contributed by atoms with Crippen molar-refractivity contribution in [3.63, 3.8) is 0 Å². The molecular weight excluding hydrogens is 250 g/mol. The largest absolute Gasteiger partial charge is 0.493 e. The lowest BCUT2D eigenvalue weighted by Crippen LogP contribution is -2.16. The predicted octanol–water partition coefficient (Wildman–Crippen LogP) is 2.49. The summed E-state index contributed by atoms with van der Waals surface area (Å²) in [6.07, 6.45) is -0.121. The molecule has 0 bridgehead atoms. The summed E-state index contributed by atoms with van der Waals surface area (Å²) < 4.78 is 10.2. The minimum absolute atomic E-state index is 0.0716. The average molecular weight is 269 g/mol. The van der Waals surface area contributed by atoms with Crippen LogP contribution in [-0.4, -0.2) is 30.4 Å². The Morgan fingerprint density at radius 1 is 1.32 bits per heavy atom. The second-order valence-electron chi connectivity index (χ2n) is 4.29. The van der Waals surface area contributed by atoms with Gasteiger partial charge in [-0.15, -0.1) is 0 Å². The van der Waals surface area contributed by atoms with Crippen LogP contribution in [0.2, 0.25) is 0 Å². The van der Waals surface area contributed by atoms with E-state index in [4.69, 9.17) is 9.47 Å². The molecule has 1 aromatic rings. The molecule has 0 heterocycles. The SMILES string of the molecule is CCC(O)C(C)c1cc(OC)c(OC)cc1[N+](=O)[O-]. The lowest BCUT2D eigenvalue weighted by Gasteiger charge is -2.19. The molecule has 0 aliphatic rings. The van der Waals surface area contributed by atoms with E-state index in [1.54, 1.807) is 13.0 Å². The van der Waals surface area contributed by atoms with Crippen LogP contribution >= 0.6 is 0 Å². The molecule has 1 aromatic carbocycles. The van der Waals surface area contributed by atoms with Gasteiger partial charge in [-0.05, 0) is 12.5 Å². The fourth-order valence-electron chi connectivity index (χ4n) is 1.97. The number of hydrogen-bond acceptors (Lipinski definition) is 5. The van der Waals surface area contributed by atoms with Crippen LogP contribution in [0.3, 0.4) is 0 Å². The van der Waals surface area contributed by atoms with Gasteiger partial charge in [0.1, 0.15) is 0 Å². The van der Waals surface area contributed by atoms with Gasteiger partial charge in [0.25, 0.3) is 5.69 Å². The van der Waals surface area contributed by atoms with E-state index < -0.39 is 11.0 Å². The molecule has 0 aromatic heterocycles. The number of benzene rings is 1. The number of aliphatic hydroxyl groups excluding tert-OH is 1. The Morgan fingerprint density at radius 2 is 1.84 bits per heavy atom. The molecule has 0 amide bonds. The number of aliphatic hydroxyl groups is 1. The Morgan fingerprint density at radius 3 is 2.26 bits per heavy atom. The van der Waals surface area contributed by atoms with E-state index in [1.165, 1.54) is 20.3 Å². The zero-order valence-electron chi connectivity index (χ0n) is 11.5. The molecule has 0 radical (unpaired) electrons. The average Bonchev–Trinajstić information content (AvgIpc) is 2.43. The molecule has 6 heteroatoms. The summed E-state index contributed by atoms with van der Waals surface area (Å²) in [5.74, 6) is 0.361. The summed E-state index contributed by atoms with van der Waals surface area (Å²) in [5.41, 5.74) is 0.370. The summed E-state index contributed by atoms with van der Waals surface area (Å²) in [6, 6.07) is 2.88. The van der Waals surface area contributed by atoms with Gasteiger partial charge in [-0.25, -0.2) is 0 Å². The van der Waals surface area contributed by atoms with Crippen LogP contribution in [0, 0.1) is 10.1 Å². The standard InChI is InChI=1S/C13H19NO5/c1-5-11(15)8(2)9-6-12(18-3)13(19-4)7-10(9)14(16)17/h6-8,11,15H,5H2,1-4H3. The zero-order valence-corrected chi connectivity index (χ0v) is 11.5. The number of nitrogens with zero attached hydrogens (tertiary/aromatic N) is 1. The van der Waals surface area contributed by atoms with Crippen molar-refractivity contribution in [3.05, 3.63) is 27.8 Å². The van der Waals surface area contributed by atoms with Crippen molar-refractivity contribution in [2.75, 3.05) is 14.2 Å². The van der Waals surface area contributed by atoms with Crippen molar-refractivity contribution in [2.24, 2.45) is 0 Å². The van der Waals surface area contributed by atoms with Gasteiger partial charge in [-0.2, -0.15) is 0 Å². The second-order valence-corrected chi connectivity index (χ2v) is 4.29. The highest BCUT2D eigenvalue weighted by Gasteiger charge is 2.26. The zero-order chi connectivity index (χ0) is 14.6. The van der Waals surface area contributed by atoms with Crippen molar-refractivity contribution in [3.8, 4) is 11.5 Å². The number of nitro benzene ring substituents is 1. The summed E-state index contributed by atoms with van der Waals surface area (Å²) >= 11 is 0. The van der Waals surface area contributed by atoms with Crippen LogP contribution in [-0.2, 0) is 0 Å². The van der Waals surface area contributed by atoms with Gasteiger partial charge in [0, 0.05) is 11.5 Å². The molecule has 2 unspecified atom stereocenters. The highest BCUT2D eigenvalue weighted by molar-refractivity contribution is 5.55. The molecule has 0 spiro atoms. The van der Waals surface area contributed by atoms with Crippen molar-refractivity contribution < 1.29 is 19.5 Å². The van der Waals surface area contributed by atoms with Gasteiger partial charge in [-0.3, -0.25) is 10.1 Å². The van der Waals surface area contributed by atoms with E-state index in [9.17, 15) is 15.2 Å². The fraction of sp³-hybridized carbons (Fsp3) is 0.538. The second kappa shape index (κ2) is 6.38. The summed E-state index contributed by atoms with van der Waals surface area (Å²) in [6.45, 7) is 3.58. The van der Waals surface area contributed by atoms with Crippen molar-refractivity contribution in [1.29, 1.82) is 0 Å². The minimum atomic E-state index is -0.642. The Hall–Kier alpha value is -1.82. The third-order valence-electron chi connectivity index (χ3n) is 3.22. The fourth-order valence-corrected chi connectivity index (χ4v) is 1.97. The molecule has 0 aliphatic carbocycles. The number of methoxy groups -OCH3 is 2. The third kappa shape index (κ3) is 3.14. The number of hydrogen-bond donors (Lipinski definition) is 1. The van der Waals surface area contributed by atoms with E-state index in [2.05, 4.69) is 0 Å². The lowest BCUT2D eigenvalue weighted by atomic mass is 9.92. The van der Waals surface area contributed by atoms with Crippen molar-refractivity contribution in [2.45, 2.75) is 32.3 Å². The number of ether oxygens (including phenoxy) is 2. The summed E-state index contributed by atoms with van der Waals surface area (Å²) in [4.78, 5) is 10.7. The van der Waals surface area contributed by atoms with Gasteiger partial charge < -0.3 is 14.6 Å². The van der Waals surface area contributed by atoms with E-state index in [0.29, 0.717) is 23.5 Å². The number of rotatable bonds is 6. The minimum Gasteiger partial charge on any atom is -0.493 e. The van der Waals surface area contributed by atoms with Crippen LogP contribution in [0.5, 0.6) is 11.5 Å². The molecular formula is C13H19NO5. The maximum atomic E-state index is 11.1. The smallest absolute Gasteiger partial charge is 0.276 e. The first kappa shape index (κ1) is 15.2. The number of nitro groups is 1. The molecule has 1 rings (SSSR count). The topological polar surface area (TPSA) is 81.8 Å². The van der Waals surface area contributed by atoms with E-state index in [0.717, 1.165) is 0 Å². The van der Waals surface area contributed by atoms with Crippen LogP contribution < -0.4 is 9.47 Å². The first-order valence-electron chi connectivity index (χ1n) is 6.04. The Labute approximate surface area is 112 Å². The first-order chi connectivity index (χ1) is 8.96. The van der Waals surface area contributed by atoms with Gasteiger partial charge in [-0.1, -0.05) is 13.8 Å². The van der Waals surface area contributed by atoms with E-state index >= 15 is 0 Å². The Bertz CT molecular complexity index is 461. The summed E-state index contributed by atoms with van der Waals surface area (Å²) in [7, 11) is 2.89. The molecule has 0 saturated carbocycles. The monoisotopic (exact) mass is 269 g/mol. The van der Waals surface area contributed by atoms with Gasteiger partial charge in [0.05, 0.1) is 31.3 Å². The van der Waals surface area contributed by atoms with Crippen LogP contribution in [0.1, 0.15) is 31.7 Å². The van der Waals surface area contributed by atoms with Crippen molar-refractivity contribution >= 4 is 5.69 Å². The maximum absolute atomic E-state index is 11.1. The molecule has 106 valence electrons. The summed E-state index contributed by atoms with van der Waals surface area (Å²) in [5, 5.41) is 21.0. The molecule has 0 saturated heterocycles. The first-order valence-corrected chi connectivity index (χ1v) is 6.04. The molecule has 2 atom stereocenters. The highest BCUT2D eigenvalue weighted by Crippen LogP contribution is 2.39. The molecule has 1 N–H and O–H groups in total. The van der Waals surface area contributed by atoms with Gasteiger partial charge in [0.2, 0.25) is 0 Å².